The van der Waals surface area contributed by atoms with Gasteiger partial charge < -0.3 is 20.7 Å². The van der Waals surface area contributed by atoms with Gasteiger partial charge in [-0.1, -0.05) is 12.1 Å². The number of carbonyl (C=O) groups is 1. The van der Waals surface area contributed by atoms with E-state index in [0.717, 1.165) is 11.3 Å². The van der Waals surface area contributed by atoms with E-state index >= 15 is 0 Å². The predicted octanol–water partition coefficient (Wildman–Crippen LogP) is 1.50. The molecule has 1 atom stereocenters. The van der Waals surface area contributed by atoms with Gasteiger partial charge in [0.15, 0.2) is 0 Å². The van der Waals surface area contributed by atoms with Gasteiger partial charge >= 0.3 is 6.03 Å². The number of hydrogen-bond donors (Lipinski definition) is 2. The largest absolute Gasteiger partial charge is 0.491 e. The molecule has 0 bridgehead atoms. The second-order valence-electron chi connectivity index (χ2n) is 4.92. The van der Waals surface area contributed by atoms with Gasteiger partial charge in [-0.25, -0.2) is 4.79 Å². The molecule has 1 aliphatic heterocycles. The van der Waals surface area contributed by atoms with Crippen LogP contribution in [0.1, 0.15) is 25.5 Å². The number of urea groups is 1. The topological polar surface area (TPSA) is 67.6 Å². The lowest BCUT2D eigenvalue weighted by molar-refractivity contribution is 0.206. The Balaban J connectivity index is 2.10. The van der Waals surface area contributed by atoms with Gasteiger partial charge in [-0.15, -0.1) is 0 Å². The summed E-state index contributed by atoms with van der Waals surface area (Å²) in [6.45, 7) is 5.66. The number of hydrogen-bond acceptors (Lipinski definition) is 3. The molecule has 0 saturated carbocycles. The lowest BCUT2D eigenvalue weighted by Crippen LogP contribution is -2.34. The van der Waals surface area contributed by atoms with Gasteiger partial charge in [0, 0.05) is 19.6 Å². The molecule has 1 aliphatic rings. The number of ether oxygens (including phenoxy) is 1. The molecule has 0 radical (unpaired) electrons. The Morgan fingerprint density at radius 1 is 1.42 bits per heavy atom. The molecule has 2 amide bonds. The molecule has 5 nitrogen and oxygen atoms in total. The summed E-state index contributed by atoms with van der Waals surface area (Å²) in [5.41, 5.74) is 6.65. The van der Waals surface area contributed by atoms with Crippen LogP contribution in [-0.2, 0) is 0 Å². The minimum atomic E-state index is -0.0436. The van der Waals surface area contributed by atoms with E-state index in [1.165, 1.54) is 0 Å². The second kappa shape index (κ2) is 5.93. The van der Waals surface area contributed by atoms with E-state index < -0.39 is 0 Å². The van der Waals surface area contributed by atoms with Gasteiger partial charge in [-0.3, -0.25) is 0 Å². The predicted molar refractivity (Wildman–Crippen MR) is 74.1 cm³/mol. The molecule has 0 aliphatic carbocycles. The smallest absolute Gasteiger partial charge is 0.318 e. The Labute approximate surface area is 113 Å². The van der Waals surface area contributed by atoms with Crippen molar-refractivity contribution in [3.05, 3.63) is 29.8 Å². The summed E-state index contributed by atoms with van der Waals surface area (Å²) >= 11 is 0. The normalized spacial score (nSPS) is 18.8. The van der Waals surface area contributed by atoms with Crippen LogP contribution < -0.4 is 15.8 Å². The SMILES string of the molecule is CC(C)Oc1ccc(C2CNC(=O)N2CCN)cc1. The molecule has 1 unspecified atom stereocenters. The Morgan fingerprint density at radius 2 is 2.11 bits per heavy atom. The highest BCUT2D eigenvalue weighted by Gasteiger charge is 2.30. The van der Waals surface area contributed by atoms with Crippen LogP contribution in [0, 0.1) is 0 Å². The minimum absolute atomic E-state index is 0.0436. The molecular weight excluding hydrogens is 242 g/mol. The Kier molecular flexibility index (Phi) is 4.27. The standard InChI is InChI=1S/C14H21N3O2/c1-10(2)19-12-5-3-11(4-6-12)13-9-16-14(18)17(13)8-7-15/h3-6,10,13H,7-9,15H2,1-2H3,(H,16,18). The Hall–Kier alpha value is -1.75. The fraction of sp³-hybridized carbons (Fsp3) is 0.500. The van der Waals surface area contributed by atoms with Crippen molar-refractivity contribution in [3.63, 3.8) is 0 Å². The third-order valence-electron chi connectivity index (χ3n) is 3.09. The zero-order chi connectivity index (χ0) is 13.8. The number of benzene rings is 1. The van der Waals surface area contributed by atoms with Crippen LogP contribution in [0.3, 0.4) is 0 Å². The highest BCUT2D eigenvalue weighted by atomic mass is 16.5. The summed E-state index contributed by atoms with van der Waals surface area (Å²) in [5.74, 6) is 0.849. The van der Waals surface area contributed by atoms with E-state index in [-0.39, 0.29) is 18.2 Å². The van der Waals surface area contributed by atoms with Gasteiger partial charge in [-0.2, -0.15) is 0 Å². The highest BCUT2D eigenvalue weighted by molar-refractivity contribution is 5.77. The molecule has 0 aromatic heterocycles. The van der Waals surface area contributed by atoms with Crippen molar-refractivity contribution in [1.29, 1.82) is 0 Å². The molecule has 3 N–H and O–H groups in total. The highest BCUT2D eigenvalue weighted by Crippen LogP contribution is 2.26. The third-order valence-corrected chi connectivity index (χ3v) is 3.09. The van der Waals surface area contributed by atoms with Crippen LogP contribution in [-0.4, -0.2) is 36.7 Å². The summed E-state index contributed by atoms with van der Waals surface area (Å²) in [5, 5.41) is 2.85. The van der Waals surface area contributed by atoms with Gasteiger partial charge in [0.25, 0.3) is 0 Å². The monoisotopic (exact) mass is 263 g/mol. The van der Waals surface area contributed by atoms with Crippen molar-refractivity contribution in [3.8, 4) is 5.75 Å². The number of rotatable bonds is 5. The van der Waals surface area contributed by atoms with E-state index in [0.29, 0.717) is 19.6 Å². The van der Waals surface area contributed by atoms with Crippen molar-refractivity contribution in [1.82, 2.24) is 10.2 Å². The van der Waals surface area contributed by atoms with Crippen molar-refractivity contribution >= 4 is 6.03 Å². The molecular formula is C14H21N3O2. The first-order chi connectivity index (χ1) is 9.11. The molecule has 1 aromatic carbocycles. The van der Waals surface area contributed by atoms with Crippen LogP contribution in [0.2, 0.25) is 0 Å². The molecule has 2 rings (SSSR count). The minimum Gasteiger partial charge on any atom is -0.491 e. The first-order valence-electron chi connectivity index (χ1n) is 6.63. The van der Waals surface area contributed by atoms with Crippen LogP contribution in [0.25, 0.3) is 0 Å². The van der Waals surface area contributed by atoms with E-state index in [9.17, 15) is 4.79 Å². The fourth-order valence-corrected chi connectivity index (χ4v) is 2.27. The molecule has 1 aromatic rings. The van der Waals surface area contributed by atoms with Gasteiger partial charge in [-0.05, 0) is 31.5 Å². The van der Waals surface area contributed by atoms with Crippen molar-refractivity contribution < 1.29 is 9.53 Å². The molecule has 1 fully saturated rings. The van der Waals surface area contributed by atoms with Crippen LogP contribution in [0.4, 0.5) is 4.79 Å². The molecule has 1 heterocycles. The van der Waals surface area contributed by atoms with Crippen molar-refractivity contribution in [2.45, 2.75) is 26.0 Å². The van der Waals surface area contributed by atoms with Crippen LogP contribution in [0.5, 0.6) is 5.75 Å². The third kappa shape index (κ3) is 3.17. The first kappa shape index (κ1) is 13.7. The van der Waals surface area contributed by atoms with Gasteiger partial charge in [0.2, 0.25) is 0 Å². The van der Waals surface area contributed by atoms with E-state index in [1.54, 1.807) is 4.90 Å². The number of nitrogens with zero attached hydrogens (tertiary/aromatic N) is 1. The zero-order valence-corrected chi connectivity index (χ0v) is 11.4. The average molecular weight is 263 g/mol. The summed E-state index contributed by atoms with van der Waals surface area (Å²) in [7, 11) is 0. The maximum Gasteiger partial charge on any atom is 0.318 e. The van der Waals surface area contributed by atoms with Gasteiger partial charge in [0.05, 0.1) is 12.1 Å². The zero-order valence-electron chi connectivity index (χ0n) is 11.4. The number of nitrogens with one attached hydrogen (secondary N) is 1. The fourth-order valence-electron chi connectivity index (χ4n) is 2.27. The van der Waals surface area contributed by atoms with E-state index in [2.05, 4.69) is 5.32 Å². The summed E-state index contributed by atoms with van der Waals surface area (Å²) in [6.07, 6.45) is 0.161. The van der Waals surface area contributed by atoms with Crippen LogP contribution in [0.15, 0.2) is 24.3 Å². The number of nitrogens with two attached hydrogens (primary N) is 1. The summed E-state index contributed by atoms with van der Waals surface area (Å²) in [6, 6.07) is 7.91. The van der Waals surface area contributed by atoms with E-state index in [1.807, 2.05) is 38.1 Å². The summed E-state index contributed by atoms with van der Waals surface area (Å²) < 4.78 is 5.61. The molecule has 0 spiro atoms. The second-order valence-corrected chi connectivity index (χ2v) is 4.92. The number of carbonyl (C=O) groups excluding carboxylic acids is 1. The van der Waals surface area contributed by atoms with E-state index in [4.69, 9.17) is 10.5 Å². The molecule has 19 heavy (non-hydrogen) atoms. The molecule has 1 saturated heterocycles. The maximum atomic E-state index is 11.7. The lowest BCUT2D eigenvalue weighted by atomic mass is 10.1. The van der Waals surface area contributed by atoms with Crippen LogP contribution >= 0.6 is 0 Å². The quantitative estimate of drug-likeness (QED) is 0.846. The molecule has 104 valence electrons. The summed E-state index contributed by atoms with van der Waals surface area (Å²) in [4.78, 5) is 13.5. The Morgan fingerprint density at radius 3 is 2.68 bits per heavy atom. The van der Waals surface area contributed by atoms with Crippen molar-refractivity contribution in [2.24, 2.45) is 5.73 Å². The number of amides is 2. The molecule has 5 heteroatoms. The average Bonchev–Trinajstić information content (AvgIpc) is 2.72. The van der Waals surface area contributed by atoms with Gasteiger partial charge in [0.1, 0.15) is 5.75 Å². The Bertz CT molecular complexity index is 431. The lowest BCUT2D eigenvalue weighted by Gasteiger charge is -2.23. The maximum absolute atomic E-state index is 11.7. The first-order valence-corrected chi connectivity index (χ1v) is 6.63. The van der Waals surface area contributed by atoms with Crippen molar-refractivity contribution in [2.75, 3.05) is 19.6 Å².